The molecule has 0 spiro atoms. The average Bonchev–Trinajstić information content (AvgIpc) is 2.34. The second-order valence-corrected chi connectivity index (χ2v) is 4.09. The summed E-state index contributed by atoms with van der Waals surface area (Å²) in [5.41, 5.74) is 0.684. The minimum atomic E-state index is 0.684. The highest BCUT2D eigenvalue weighted by molar-refractivity contribution is 4.86. The molecule has 11 heavy (non-hydrogen) atoms. The van der Waals surface area contributed by atoms with Crippen molar-refractivity contribution in [3.8, 4) is 0 Å². The van der Waals surface area contributed by atoms with Crippen molar-refractivity contribution in [3.05, 3.63) is 0 Å². The van der Waals surface area contributed by atoms with Crippen LogP contribution in [0.3, 0.4) is 0 Å². The Hall–Kier alpha value is -0.0400. The lowest BCUT2D eigenvalue weighted by molar-refractivity contribution is 0.248. The molecule has 0 aromatic heterocycles. The molecule has 1 aliphatic heterocycles. The third-order valence-corrected chi connectivity index (χ3v) is 3.16. The second kappa shape index (κ2) is 3.57. The van der Waals surface area contributed by atoms with Crippen LogP contribution in [0.5, 0.6) is 0 Å². The van der Waals surface area contributed by atoms with E-state index in [2.05, 4.69) is 25.8 Å². The van der Waals surface area contributed by atoms with Gasteiger partial charge in [0.25, 0.3) is 0 Å². The van der Waals surface area contributed by atoms with Crippen LogP contribution in [0, 0.1) is 5.41 Å². The quantitative estimate of drug-likeness (QED) is 0.605. The van der Waals surface area contributed by atoms with Crippen molar-refractivity contribution in [3.63, 3.8) is 0 Å². The molecule has 0 N–H and O–H groups in total. The molecule has 0 aromatic rings. The molecule has 66 valence electrons. The number of rotatable bonds is 3. The first kappa shape index (κ1) is 9.05. The first-order valence-corrected chi connectivity index (χ1v) is 4.91. The van der Waals surface area contributed by atoms with E-state index in [-0.39, 0.29) is 0 Å². The molecule has 0 aromatic carbocycles. The molecule has 1 fully saturated rings. The van der Waals surface area contributed by atoms with Gasteiger partial charge in [0.05, 0.1) is 0 Å². The highest BCUT2D eigenvalue weighted by Gasteiger charge is 2.33. The lowest BCUT2D eigenvalue weighted by Crippen LogP contribution is -2.24. The summed E-state index contributed by atoms with van der Waals surface area (Å²) >= 11 is 0. The second-order valence-electron chi connectivity index (χ2n) is 4.09. The summed E-state index contributed by atoms with van der Waals surface area (Å²) in [5, 5.41) is 0. The molecule has 1 nitrogen and oxygen atoms in total. The Balaban J connectivity index is 2.48. The van der Waals surface area contributed by atoms with Gasteiger partial charge in [-0.1, -0.05) is 20.3 Å². The van der Waals surface area contributed by atoms with E-state index in [4.69, 9.17) is 0 Å². The fourth-order valence-corrected chi connectivity index (χ4v) is 2.36. The Kier molecular flexibility index (Phi) is 2.94. The van der Waals surface area contributed by atoms with Gasteiger partial charge in [0.1, 0.15) is 0 Å². The Bertz CT molecular complexity index is 118. The van der Waals surface area contributed by atoms with E-state index in [0.29, 0.717) is 5.41 Å². The molecular formula is C10H21N. The molecule has 1 saturated heterocycles. The maximum absolute atomic E-state index is 2.47. The van der Waals surface area contributed by atoms with Gasteiger partial charge in [-0.2, -0.15) is 0 Å². The predicted octanol–water partition coefficient (Wildman–Crippen LogP) is 2.52. The average molecular weight is 155 g/mol. The topological polar surface area (TPSA) is 3.24 Å². The van der Waals surface area contributed by atoms with Crippen LogP contribution < -0.4 is 0 Å². The normalized spacial score (nSPS) is 33.0. The highest BCUT2D eigenvalue weighted by atomic mass is 15.1. The molecule has 0 amide bonds. The van der Waals surface area contributed by atoms with Gasteiger partial charge in [-0.25, -0.2) is 0 Å². The van der Waals surface area contributed by atoms with E-state index in [1.54, 1.807) is 0 Å². The van der Waals surface area contributed by atoms with Crippen LogP contribution in [0.2, 0.25) is 0 Å². The predicted molar refractivity (Wildman–Crippen MR) is 49.7 cm³/mol. The highest BCUT2D eigenvalue weighted by Crippen LogP contribution is 2.37. The van der Waals surface area contributed by atoms with Crippen LogP contribution >= 0.6 is 0 Å². The SMILES string of the molecule is CCCC1(CC)CCN(C)C1. The van der Waals surface area contributed by atoms with Gasteiger partial charge in [0.2, 0.25) is 0 Å². The molecular weight excluding hydrogens is 134 g/mol. The third kappa shape index (κ3) is 1.96. The summed E-state index contributed by atoms with van der Waals surface area (Å²) in [6.07, 6.45) is 5.56. The standard InChI is InChI=1S/C10H21N/c1-4-6-10(5-2)7-8-11(3)9-10/h4-9H2,1-3H3. The molecule has 1 heteroatoms. The van der Waals surface area contributed by atoms with Crippen molar-refractivity contribution in [2.45, 2.75) is 39.5 Å². The Morgan fingerprint density at radius 1 is 1.36 bits per heavy atom. The lowest BCUT2D eigenvalue weighted by atomic mass is 9.80. The van der Waals surface area contributed by atoms with Crippen molar-refractivity contribution < 1.29 is 0 Å². The summed E-state index contributed by atoms with van der Waals surface area (Å²) in [4.78, 5) is 2.47. The fourth-order valence-electron chi connectivity index (χ4n) is 2.36. The molecule has 0 aliphatic carbocycles. The van der Waals surface area contributed by atoms with E-state index >= 15 is 0 Å². The Labute approximate surface area is 70.8 Å². The molecule has 1 rings (SSSR count). The number of likely N-dealkylation sites (tertiary alicyclic amines) is 1. The van der Waals surface area contributed by atoms with Crippen molar-refractivity contribution in [2.24, 2.45) is 5.41 Å². The summed E-state index contributed by atoms with van der Waals surface area (Å²) < 4.78 is 0. The summed E-state index contributed by atoms with van der Waals surface area (Å²) in [6, 6.07) is 0. The van der Waals surface area contributed by atoms with E-state index in [9.17, 15) is 0 Å². The van der Waals surface area contributed by atoms with Crippen LogP contribution in [0.15, 0.2) is 0 Å². The van der Waals surface area contributed by atoms with E-state index in [0.717, 1.165) is 0 Å². The van der Waals surface area contributed by atoms with Crippen molar-refractivity contribution in [1.82, 2.24) is 4.90 Å². The molecule has 0 bridgehead atoms. The minimum Gasteiger partial charge on any atom is -0.306 e. The zero-order chi connectivity index (χ0) is 8.32. The summed E-state index contributed by atoms with van der Waals surface area (Å²) in [5.74, 6) is 0. The zero-order valence-corrected chi connectivity index (χ0v) is 8.19. The van der Waals surface area contributed by atoms with Crippen molar-refractivity contribution in [2.75, 3.05) is 20.1 Å². The van der Waals surface area contributed by atoms with Crippen LogP contribution in [0.4, 0.5) is 0 Å². The van der Waals surface area contributed by atoms with Crippen LogP contribution in [-0.2, 0) is 0 Å². The van der Waals surface area contributed by atoms with Crippen LogP contribution in [0.1, 0.15) is 39.5 Å². The first-order chi connectivity index (χ1) is 5.22. The number of nitrogens with zero attached hydrogens (tertiary/aromatic N) is 1. The van der Waals surface area contributed by atoms with Gasteiger partial charge in [0.15, 0.2) is 0 Å². The molecule has 1 aliphatic rings. The van der Waals surface area contributed by atoms with Crippen LogP contribution in [-0.4, -0.2) is 25.0 Å². The van der Waals surface area contributed by atoms with Gasteiger partial charge in [-0.05, 0) is 38.3 Å². The molecule has 1 unspecified atom stereocenters. The van der Waals surface area contributed by atoms with Gasteiger partial charge in [-0.3, -0.25) is 0 Å². The largest absolute Gasteiger partial charge is 0.306 e. The number of hydrogen-bond acceptors (Lipinski definition) is 1. The lowest BCUT2D eigenvalue weighted by Gasteiger charge is -2.26. The minimum absolute atomic E-state index is 0.684. The zero-order valence-electron chi connectivity index (χ0n) is 8.19. The first-order valence-electron chi connectivity index (χ1n) is 4.91. The monoisotopic (exact) mass is 155 g/mol. The third-order valence-electron chi connectivity index (χ3n) is 3.16. The van der Waals surface area contributed by atoms with E-state index < -0.39 is 0 Å². The molecule has 1 atom stereocenters. The van der Waals surface area contributed by atoms with Crippen molar-refractivity contribution in [1.29, 1.82) is 0 Å². The van der Waals surface area contributed by atoms with Gasteiger partial charge in [0, 0.05) is 6.54 Å². The summed E-state index contributed by atoms with van der Waals surface area (Å²) in [7, 11) is 2.24. The van der Waals surface area contributed by atoms with Gasteiger partial charge >= 0.3 is 0 Å². The van der Waals surface area contributed by atoms with Gasteiger partial charge < -0.3 is 4.90 Å². The van der Waals surface area contributed by atoms with Crippen LogP contribution in [0.25, 0.3) is 0 Å². The van der Waals surface area contributed by atoms with E-state index in [1.165, 1.54) is 38.8 Å². The van der Waals surface area contributed by atoms with Gasteiger partial charge in [-0.15, -0.1) is 0 Å². The van der Waals surface area contributed by atoms with Crippen molar-refractivity contribution >= 4 is 0 Å². The Morgan fingerprint density at radius 3 is 2.45 bits per heavy atom. The maximum atomic E-state index is 2.47. The van der Waals surface area contributed by atoms with E-state index in [1.807, 2.05) is 0 Å². The number of hydrogen-bond donors (Lipinski definition) is 0. The molecule has 0 saturated carbocycles. The maximum Gasteiger partial charge on any atom is 0.00353 e. The Morgan fingerprint density at radius 2 is 2.09 bits per heavy atom. The smallest absolute Gasteiger partial charge is 0.00353 e. The molecule has 1 heterocycles. The fraction of sp³-hybridized carbons (Fsp3) is 1.00. The molecule has 0 radical (unpaired) electrons. The summed E-state index contributed by atoms with van der Waals surface area (Å²) in [6.45, 7) is 7.29.